The van der Waals surface area contributed by atoms with Crippen molar-refractivity contribution in [3.05, 3.63) is 58.2 Å². The lowest BCUT2D eigenvalue weighted by Crippen LogP contribution is -2.31. The third kappa shape index (κ3) is 4.17. The van der Waals surface area contributed by atoms with Gasteiger partial charge < -0.3 is 14.5 Å². The number of furan rings is 1. The summed E-state index contributed by atoms with van der Waals surface area (Å²) in [6.07, 6.45) is 1.49. The summed E-state index contributed by atoms with van der Waals surface area (Å²) in [7, 11) is 0. The molecular weight excluding hydrogens is 357 g/mol. The summed E-state index contributed by atoms with van der Waals surface area (Å²) in [6, 6.07) is 7.01. The third-order valence-corrected chi connectivity index (χ3v) is 3.33. The van der Waals surface area contributed by atoms with Crippen LogP contribution in [0.1, 0.15) is 29.1 Å². The average molecular weight is 370 g/mol. The fourth-order valence-electron chi connectivity index (χ4n) is 1.76. The third-order valence-electron chi connectivity index (χ3n) is 2.83. The zero-order chi connectivity index (χ0) is 16.1. The Balaban J connectivity index is 1.86. The van der Waals surface area contributed by atoms with E-state index in [1.165, 1.54) is 18.4 Å². The van der Waals surface area contributed by atoms with Gasteiger partial charge in [-0.05, 0) is 37.3 Å². The molecule has 1 N–H and O–H groups in total. The Morgan fingerprint density at radius 3 is 2.82 bits per heavy atom. The minimum atomic E-state index is -0.897. The zero-order valence-electron chi connectivity index (χ0n) is 11.6. The summed E-state index contributed by atoms with van der Waals surface area (Å²) < 4.78 is 24.0. The number of esters is 1. The number of ether oxygens (including phenoxy) is 1. The van der Waals surface area contributed by atoms with Crippen LogP contribution in [0.5, 0.6) is 0 Å². The summed E-state index contributed by atoms with van der Waals surface area (Å²) in [5.74, 6) is -1.54. The molecule has 0 aliphatic heterocycles. The lowest BCUT2D eigenvalue weighted by Gasteiger charge is -2.11. The minimum Gasteiger partial charge on any atom is -0.467 e. The number of hydrogen-bond acceptors (Lipinski definition) is 4. The number of halogens is 2. The van der Waals surface area contributed by atoms with Crippen molar-refractivity contribution in [2.24, 2.45) is 0 Å². The van der Waals surface area contributed by atoms with E-state index in [2.05, 4.69) is 21.2 Å². The first-order chi connectivity index (χ1) is 10.5. The molecule has 0 radical (unpaired) electrons. The molecule has 0 fully saturated rings. The number of amides is 1. The van der Waals surface area contributed by atoms with Crippen molar-refractivity contribution >= 4 is 27.8 Å². The van der Waals surface area contributed by atoms with Crippen LogP contribution in [0.3, 0.4) is 0 Å². The molecule has 0 saturated carbocycles. The first-order valence-electron chi connectivity index (χ1n) is 6.42. The summed E-state index contributed by atoms with van der Waals surface area (Å²) in [4.78, 5) is 23.4. The quantitative estimate of drug-likeness (QED) is 0.821. The number of carbonyl (C=O) groups is 2. The fraction of sp³-hybridized carbons (Fsp3) is 0.200. The van der Waals surface area contributed by atoms with E-state index < -0.39 is 24.3 Å². The predicted molar refractivity (Wildman–Crippen MR) is 79.6 cm³/mol. The minimum absolute atomic E-state index is 0.227. The molecule has 2 rings (SSSR count). The van der Waals surface area contributed by atoms with E-state index in [4.69, 9.17) is 9.15 Å². The molecule has 1 atom stereocenters. The molecule has 1 aromatic heterocycles. The van der Waals surface area contributed by atoms with Crippen molar-refractivity contribution in [1.82, 2.24) is 5.32 Å². The van der Waals surface area contributed by atoms with Gasteiger partial charge in [0.05, 0.1) is 17.9 Å². The van der Waals surface area contributed by atoms with E-state index in [1.807, 2.05) is 0 Å². The largest absolute Gasteiger partial charge is 0.467 e. The number of nitrogens with one attached hydrogen (secondary N) is 1. The van der Waals surface area contributed by atoms with E-state index in [1.54, 1.807) is 19.1 Å². The molecule has 7 heteroatoms. The molecule has 22 heavy (non-hydrogen) atoms. The maximum absolute atomic E-state index is 13.6. The molecule has 1 heterocycles. The Bertz CT molecular complexity index is 672. The first kappa shape index (κ1) is 16.2. The van der Waals surface area contributed by atoms with Crippen molar-refractivity contribution in [1.29, 1.82) is 0 Å². The van der Waals surface area contributed by atoms with Crippen molar-refractivity contribution < 1.29 is 23.1 Å². The van der Waals surface area contributed by atoms with E-state index in [9.17, 15) is 14.0 Å². The highest BCUT2D eigenvalue weighted by Crippen LogP contribution is 2.16. The Hall–Kier alpha value is -2.15. The van der Waals surface area contributed by atoms with E-state index in [-0.39, 0.29) is 11.6 Å². The highest BCUT2D eigenvalue weighted by atomic mass is 79.9. The van der Waals surface area contributed by atoms with Gasteiger partial charge in [-0.3, -0.25) is 4.79 Å². The number of benzene rings is 1. The Morgan fingerprint density at radius 1 is 1.41 bits per heavy atom. The predicted octanol–water partition coefficient (Wildman–Crippen LogP) is 3.22. The molecule has 0 unspecified atom stereocenters. The van der Waals surface area contributed by atoms with E-state index in [0.717, 1.165) is 6.07 Å². The van der Waals surface area contributed by atoms with Gasteiger partial charge in [0, 0.05) is 4.47 Å². The SMILES string of the molecule is C[C@@H](NC(=O)COC(=O)c1ccc(Br)cc1F)c1ccco1. The molecule has 0 saturated heterocycles. The number of hydrogen-bond donors (Lipinski definition) is 1. The molecule has 116 valence electrons. The lowest BCUT2D eigenvalue weighted by atomic mass is 10.2. The smallest absolute Gasteiger partial charge is 0.341 e. The Labute approximate surface area is 134 Å². The Kier molecular flexibility index (Phi) is 5.32. The second-order valence-corrected chi connectivity index (χ2v) is 5.42. The van der Waals surface area contributed by atoms with Crippen molar-refractivity contribution in [2.75, 3.05) is 6.61 Å². The maximum atomic E-state index is 13.6. The monoisotopic (exact) mass is 369 g/mol. The van der Waals surface area contributed by atoms with Crippen LogP contribution in [0.4, 0.5) is 4.39 Å². The van der Waals surface area contributed by atoms with Gasteiger partial charge in [-0.25, -0.2) is 9.18 Å². The lowest BCUT2D eigenvalue weighted by molar-refractivity contribution is -0.125. The standard InChI is InChI=1S/C15H13BrFNO4/c1-9(13-3-2-6-21-13)18-14(19)8-22-15(20)11-5-4-10(16)7-12(11)17/h2-7,9H,8H2,1H3,(H,18,19)/t9-/m1/s1. The van der Waals surface area contributed by atoms with Crippen LogP contribution in [0.15, 0.2) is 45.5 Å². The van der Waals surface area contributed by atoms with Crippen molar-refractivity contribution in [2.45, 2.75) is 13.0 Å². The molecule has 2 aromatic rings. The summed E-state index contributed by atoms with van der Waals surface area (Å²) in [5, 5.41) is 2.60. The van der Waals surface area contributed by atoms with Crippen LogP contribution in [0.2, 0.25) is 0 Å². The van der Waals surface area contributed by atoms with Gasteiger partial charge in [-0.2, -0.15) is 0 Å². The van der Waals surface area contributed by atoms with Gasteiger partial charge in [0.25, 0.3) is 5.91 Å². The number of carbonyl (C=O) groups excluding carboxylic acids is 2. The van der Waals surface area contributed by atoms with Crippen LogP contribution in [-0.4, -0.2) is 18.5 Å². The van der Waals surface area contributed by atoms with Crippen LogP contribution >= 0.6 is 15.9 Å². The summed E-state index contributed by atoms with van der Waals surface area (Å²) in [5.41, 5.74) is -0.227. The molecule has 1 amide bonds. The van der Waals surface area contributed by atoms with Gasteiger partial charge in [0.1, 0.15) is 11.6 Å². The maximum Gasteiger partial charge on any atom is 0.341 e. The van der Waals surface area contributed by atoms with Crippen molar-refractivity contribution in [3.63, 3.8) is 0 Å². The van der Waals surface area contributed by atoms with Crippen LogP contribution in [-0.2, 0) is 9.53 Å². The highest BCUT2D eigenvalue weighted by molar-refractivity contribution is 9.10. The average Bonchev–Trinajstić information content (AvgIpc) is 2.99. The summed E-state index contributed by atoms with van der Waals surface area (Å²) >= 11 is 3.09. The topological polar surface area (TPSA) is 68.5 Å². The molecule has 5 nitrogen and oxygen atoms in total. The Morgan fingerprint density at radius 2 is 2.18 bits per heavy atom. The molecule has 0 bridgehead atoms. The van der Waals surface area contributed by atoms with Crippen LogP contribution in [0.25, 0.3) is 0 Å². The van der Waals surface area contributed by atoms with Crippen LogP contribution < -0.4 is 5.32 Å². The van der Waals surface area contributed by atoms with Gasteiger partial charge in [0.15, 0.2) is 6.61 Å². The fourth-order valence-corrected chi connectivity index (χ4v) is 2.09. The normalized spacial score (nSPS) is 11.8. The second-order valence-electron chi connectivity index (χ2n) is 4.50. The van der Waals surface area contributed by atoms with Gasteiger partial charge in [-0.1, -0.05) is 15.9 Å². The van der Waals surface area contributed by atoms with Crippen LogP contribution in [0, 0.1) is 5.82 Å². The van der Waals surface area contributed by atoms with E-state index in [0.29, 0.717) is 10.2 Å². The molecule has 0 aliphatic carbocycles. The summed E-state index contributed by atoms with van der Waals surface area (Å²) in [6.45, 7) is 1.23. The van der Waals surface area contributed by atoms with E-state index >= 15 is 0 Å². The molecular formula is C15H13BrFNO4. The first-order valence-corrected chi connectivity index (χ1v) is 7.21. The zero-order valence-corrected chi connectivity index (χ0v) is 13.2. The molecule has 1 aromatic carbocycles. The highest BCUT2D eigenvalue weighted by Gasteiger charge is 2.17. The van der Waals surface area contributed by atoms with Gasteiger partial charge in [0.2, 0.25) is 0 Å². The molecule has 0 spiro atoms. The van der Waals surface area contributed by atoms with Gasteiger partial charge in [-0.15, -0.1) is 0 Å². The second kappa shape index (κ2) is 7.22. The molecule has 0 aliphatic rings. The van der Waals surface area contributed by atoms with Gasteiger partial charge >= 0.3 is 5.97 Å². The number of rotatable bonds is 5. The van der Waals surface area contributed by atoms with Crippen molar-refractivity contribution in [3.8, 4) is 0 Å².